The van der Waals surface area contributed by atoms with Gasteiger partial charge in [0.05, 0.1) is 0 Å². The lowest BCUT2D eigenvalue weighted by Crippen LogP contribution is -2.40. The first-order valence-corrected chi connectivity index (χ1v) is 13.7. The topological polar surface area (TPSA) is 50.5 Å². The molecule has 5 rings (SSSR count). The molecule has 194 valence electrons. The monoisotopic (exact) mass is 497 g/mol. The fraction of sp³-hybridized carbons (Fsp3) is 0.455. The number of rotatable bonds is 5. The number of hydrogen-bond donors (Lipinski definition) is 0. The quantitative estimate of drug-likeness (QED) is 0.349. The summed E-state index contributed by atoms with van der Waals surface area (Å²) in [7, 11) is 0. The number of piperidine rings is 1. The Hall–Kier alpha value is -3.14. The molecule has 1 fully saturated rings. The number of fused-ring (bicyclic) bond motifs is 1. The van der Waals surface area contributed by atoms with E-state index in [1.807, 2.05) is 41.3 Å². The van der Waals surface area contributed by atoms with E-state index in [2.05, 4.69) is 46.8 Å². The van der Waals surface area contributed by atoms with Crippen LogP contribution in [0.5, 0.6) is 0 Å². The molecule has 1 amide bonds. The molecule has 1 aliphatic carbocycles. The van der Waals surface area contributed by atoms with Crippen LogP contribution in [0.1, 0.15) is 102 Å². The molecule has 4 nitrogen and oxygen atoms in total. The van der Waals surface area contributed by atoms with Crippen LogP contribution in [0.4, 0.5) is 0 Å². The van der Waals surface area contributed by atoms with E-state index >= 15 is 0 Å². The molecule has 0 spiro atoms. The molecular weight excluding hydrogens is 458 g/mol. The standard InChI is InChI=1S/C33H39NO3/c1-22-19-27-28(33(4,5)16-15-32(27,2)3)21-25(22)20-26-11-12-29(37-26)31(36)34-17-13-24(14-18-34)30(35)23-9-7-6-8-10-23/h6-12,19,21,24H,13-18,20H2,1-5H3. The SMILES string of the molecule is Cc1cc2c(cc1Cc1ccc(C(=O)N3CCC(C(=O)c4ccccc4)CC3)o1)C(C)(C)CCC2(C)C. The predicted molar refractivity (Wildman–Crippen MR) is 147 cm³/mol. The molecular formula is C33H39NO3. The highest BCUT2D eigenvalue weighted by atomic mass is 16.4. The van der Waals surface area contributed by atoms with Gasteiger partial charge in [0.2, 0.25) is 0 Å². The Balaban J connectivity index is 1.26. The molecule has 1 aromatic heterocycles. The maximum atomic E-state index is 13.2. The normalized spacial score (nSPS) is 18.9. The zero-order valence-electron chi connectivity index (χ0n) is 22.9. The van der Waals surface area contributed by atoms with Crippen LogP contribution in [0.3, 0.4) is 0 Å². The van der Waals surface area contributed by atoms with Crippen LogP contribution in [0.25, 0.3) is 0 Å². The lowest BCUT2D eigenvalue weighted by molar-refractivity contribution is 0.0623. The molecule has 0 saturated carbocycles. The second-order valence-corrected chi connectivity index (χ2v) is 12.3. The van der Waals surface area contributed by atoms with Gasteiger partial charge in [-0.05, 0) is 77.8 Å². The Morgan fingerprint density at radius 1 is 0.892 bits per heavy atom. The van der Waals surface area contributed by atoms with Gasteiger partial charge in [0.15, 0.2) is 11.5 Å². The zero-order chi connectivity index (χ0) is 26.4. The summed E-state index contributed by atoms with van der Waals surface area (Å²) >= 11 is 0. The van der Waals surface area contributed by atoms with Gasteiger partial charge in [-0.3, -0.25) is 9.59 Å². The third-order valence-corrected chi connectivity index (χ3v) is 8.76. The van der Waals surface area contributed by atoms with Gasteiger partial charge < -0.3 is 9.32 Å². The van der Waals surface area contributed by atoms with E-state index in [4.69, 9.17) is 4.42 Å². The van der Waals surface area contributed by atoms with E-state index in [9.17, 15) is 9.59 Å². The summed E-state index contributed by atoms with van der Waals surface area (Å²) in [6.45, 7) is 12.7. The van der Waals surface area contributed by atoms with Gasteiger partial charge in [-0.1, -0.05) is 70.2 Å². The Morgan fingerprint density at radius 3 is 2.16 bits per heavy atom. The zero-order valence-corrected chi connectivity index (χ0v) is 22.9. The average molecular weight is 498 g/mol. The molecule has 0 atom stereocenters. The van der Waals surface area contributed by atoms with Crippen molar-refractivity contribution in [1.82, 2.24) is 4.90 Å². The predicted octanol–water partition coefficient (Wildman–Crippen LogP) is 7.26. The van der Waals surface area contributed by atoms with Gasteiger partial charge in [-0.15, -0.1) is 0 Å². The number of hydrogen-bond acceptors (Lipinski definition) is 3. The Labute approximate surface area is 221 Å². The Kier molecular flexibility index (Phi) is 6.64. The molecule has 2 aromatic carbocycles. The van der Waals surface area contributed by atoms with Crippen LogP contribution in [-0.2, 0) is 17.3 Å². The van der Waals surface area contributed by atoms with E-state index in [0.717, 1.165) is 11.3 Å². The summed E-state index contributed by atoms with van der Waals surface area (Å²) in [5.74, 6) is 1.27. The Morgan fingerprint density at radius 2 is 1.51 bits per heavy atom. The van der Waals surface area contributed by atoms with E-state index in [1.165, 1.54) is 35.1 Å². The summed E-state index contributed by atoms with van der Waals surface area (Å²) in [5, 5.41) is 0. The van der Waals surface area contributed by atoms with E-state index in [1.54, 1.807) is 6.07 Å². The second kappa shape index (κ2) is 9.63. The maximum absolute atomic E-state index is 13.2. The number of ketones is 1. The molecule has 0 radical (unpaired) electrons. The van der Waals surface area contributed by atoms with Crippen molar-refractivity contribution < 1.29 is 14.0 Å². The molecule has 2 aliphatic rings. The first kappa shape index (κ1) is 25.5. The molecule has 0 bridgehead atoms. The molecule has 2 heterocycles. The van der Waals surface area contributed by atoms with Crippen LogP contribution in [0.2, 0.25) is 0 Å². The van der Waals surface area contributed by atoms with Crippen molar-refractivity contribution in [2.45, 2.75) is 77.6 Å². The fourth-order valence-electron chi connectivity index (χ4n) is 6.07. The van der Waals surface area contributed by atoms with Crippen molar-refractivity contribution in [3.05, 3.63) is 93.9 Å². The summed E-state index contributed by atoms with van der Waals surface area (Å²) in [6.07, 6.45) is 4.44. The van der Waals surface area contributed by atoms with Crippen LogP contribution in [-0.4, -0.2) is 29.7 Å². The highest BCUT2D eigenvalue weighted by molar-refractivity contribution is 5.98. The second-order valence-electron chi connectivity index (χ2n) is 12.3. The summed E-state index contributed by atoms with van der Waals surface area (Å²) in [4.78, 5) is 27.8. The first-order valence-electron chi connectivity index (χ1n) is 13.7. The van der Waals surface area contributed by atoms with E-state index < -0.39 is 0 Å². The number of benzene rings is 2. The van der Waals surface area contributed by atoms with Gasteiger partial charge in [0, 0.05) is 31.0 Å². The highest BCUT2D eigenvalue weighted by Gasteiger charge is 2.37. The number of Topliss-reactive ketones (excluding diaryl/α,β-unsaturated/α-hetero) is 1. The smallest absolute Gasteiger partial charge is 0.289 e. The first-order chi connectivity index (χ1) is 17.5. The summed E-state index contributed by atoms with van der Waals surface area (Å²) in [6, 6.07) is 18.0. The molecule has 3 aromatic rings. The lowest BCUT2D eigenvalue weighted by atomic mass is 9.62. The maximum Gasteiger partial charge on any atom is 0.289 e. The van der Waals surface area contributed by atoms with Crippen molar-refractivity contribution in [3.63, 3.8) is 0 Å². The number of nitrogens with zero attached hydrogens (tertiary/aromatic N) is 1. The molecule has 0 N–H and O–H groups in total. The van der Waals surface area contributed by atoms with Crippen LogP contribution < -0.4 is 0 Å². The van der Waals surface area contributed by atoms with E-state index in [0.29, 0.717) is 38.1 Å². The summed E-state index contributed by atoms with van der Waals surface area (Å²) < 4.78 is 6.08. The number of aryl methyl sites for hydroxylation is 1. The van der Waals surface area contributed by atoms with Gasteiger partial charge >= 0.3 is 0 Å². The van der Waals surface area contributed by atoms with Crippen LogP contribution >= 0.6 is 0 Å². The highest BCUT2D eigenvalue weighted by Crippen LogP contribution is 2.46. The molecule has 0 unspecified atom stereocenters. The third kappa shape index (κ3) is 5.03. The van der Waals surface area contributed by atoms with Crippen molar-refractivity contribution in [2.75, 3.05) is 13.1 Å². The minimum Gasteiger partial charge on any atom is -0.456 e. The lowest BCUT2D eigenvalue weighted by Gasteiger charge is -2.42. The van der Waals surface area contributed by atoms with Crippen molar-refractivity contribution in [1.29, 1.82) is 0 Å². The third-order valence-electron chi connectivity index (χ3n) is 8.76. The van der Waals surface area contributed by atoms with Crippen LogP contribution in [0.15, 0.2) is 59.0 Å². The van der Waals surface area contributed by atoms with Gasteiger partial charge in [0.1, 0.15) is 5.76 Å². The average Bonchev–Trinajstić information content (AvgIpc) is 3.36. The largest absolute Gasteiger partial charge is 0.456 e. The molecule has 4 heteroatoms. The minimum atomic E-state index is -0.0816. The molecule has 37 heavy (non-hydrogen) atoms. The number of amides is 1. The van der Waals surface area contributed by atoms with Gasteiger partial charge in [0.25, 0.3) is 5.91 Å². The summed E-state index contributed by atoms with van der Waals surface area (Å²) in [5.41, 5.74) is 6.56. The van der Waals surface area contributed by atoms with Crippen molar-refractivity contribution in [3.8, 4) is 0 Å². The number of carbonyl (C=O) groups excluding carboxylic acids is 2. The number of furan rings is 1. The number of carbonyl (C=O) groups is 2. The minimum absolute atomic E-state index is 0.0279. The molecule has 1 aliphatic heterocycles. The number of likely N-dealkylation sites (tertiary alicyclic amines) is 1. The fourth-order valence-corrected chi connectivity index (χ4v) is 6.07. The van der Waals surface area contributed by atoms with Crippen molar-refractivity contribution >= 4 is 11.7 Å². The van der Waals surface area contributed by atoms with Crippen molar-refractivity contribution in [2.24, 2.45) is 5.92 Å². The van der Waals surface area contributed by atoms with Gasteiger partial charge in [-0.2, -0.15) is 0 Å². The van der Waals surface area contributed by atoms with Crippen LogP contribution in [0, 0.1) is 12.8 Å². The Bertz CT molecular complexity index is 1310. The van der Waals surface area contributed by atoms with E-state index in [-0.39, 0.29) is 28.4 Å². The molecule has 1 saturated heterocycles. The van der Waals surface area contributed by atoms with Gasteiger partial charge in [-0.25, -0.2) is 0 Å².